The van der Waals surface area contributed by atoms with E-state index in [4.69, 9.17) is 9.47 Å². The maximum absolute atomic E-state index is 13.3. The van der Waals surface area contributed by atoms with Gasteiger partial charge in [-0.2, -0.15) is 0 Å². The number of carbonyl (C=O) groups excluding carboxylic acids is 1. The fourth-order valence-electron chi connectivity index (χ4n) is 2.30. The number of halogens is 1. The van der Waals surface area contributed by atoms with Gasteiger partial charge in [0.05, 0.1) is 14.2 Å². The van der Waals surface area contributed by atoms with E-state index in [1.807, 2.05) is 6.92 Å². The van der Waals surface area contributed by atoms with E-state index in [0.717, 1.165) is 5.56 Å². The molecule has 1 amide bonds. The van der Waals surface area contributed by atoms with Gasteiger partial charge in [-0.1, -0.05) is 12.1 Å². The minimum atomic E-state index is -0.311. The Balaban J connectivity index is 2.25. The Morgan fingerprint density at radius 3 is 2.26 bits per heavy atom. The molecule has 0 spiro atoms. The molecule has 0 aromatic heterocycles. The summed E-state index contributed by atoms with van der Waals surface area (Å²) in [5.41, 5.74) is 1.22. The molecule has 2 rings (SSSR count). The predicted molar refractivity (Wildman–Crippen MR) is 86.4 cm³/mol. The number of benzene rings is 2. The lowest BCUT2D eigenvalue weighted by Gasteiger charge is -2.21. The Kier molecular flexibility index (Phi) is 5.57. The van der Waals surface area contributed by atoms with Crippen molar-refractivity contribution in [3.05, 3.63) is 59.4 Å². The molecule has 0 aliphatic rings. The molecule has 5 heteroatoms. The van der Waals surface area contributed by atoms with Crippen molar-refractivity contribution in [2.24, 2.45) is 0 Å². The number of hydrogen-bond donors (Lipinski definition) is 0. The molecule has 0 radical (unpaired) electrons. The molecule has 2 aromatic rings. The zero-order valence-corrected chi connectivity index (χ0v) is 13.5. The second-order valence-corrected chi connectivity index (χ2v) is 5.05. The third-order valence-electron chi connectivity index (χ3n) is 3.53. The van der Waals surface area contributed by atoms with Crippen LogP contribution in [0.4, 0.5) is 4.39 Å². The van der Waals surface area contributed by atoms with Crippen LogP contribution in [0, 0.1) is 5.82 Å². The van der Waals surface area contributed by atoms with E-state index >= 15 is 0 Å². The second kappa shape index (κ2) is 7.63. The SMILES string of the molecule is CCN(Cc1cccc(F)c1)C(=O)c1cc(OC)cc(OC)c1. The van der Waals surface area contributed by atoms with E-state index in [2.05, 4.69) is 0 Å². The highest BCUT2D eigenvalue weighted by molar-refractivity contribution is 5.95. The third kappa shape index (κ3) is 4.22. The molecule has 122 valence electrons. The summed E-state index contributed by atoms with van der Waals surface area (Å²) in [4.78, 5) is 14.4. The van der Waals surface area contributed by atoms with Gasteiger partial charge in [0, 0.05) is 24.7 Å². The van der Waals surface area contributed by atoms with Gasteiger partial charge in [-0.25, -0.2) is 4.39 Å². The van der Waals surface area contributed by atoms with E-state index < -0.39 is 0 Å². The zero-order chi connectivity index (χ0) is 16.8. The number of carbonyl (C=O) groups is 1. The number of ether oxygens (including phenoxy) is 2. The van der Waals surface area contributed by atoms with Crippen LogP contribution in [0.15, 0.2) is 42.5 Å². The molecule has 0 fully saturated rings. The molecule has 0 aliphatic heterocycles. The topological polar surface area (TPSA) is 38.8 Å². The van der Waals surface area contributed by atoms with Crippen molar-refractivity contribution in [2.45, 2.75) is 13.5 Å². The van der Waals surface area contributed by atoms with Gasteiger partial charge in [0.25, 0.3) is 5.91 Å². The van der Waals surface area contributed by atoms with Crippen molar-refractivity contribution in [2.75, 3.05) is 20.8 Å². The fraction of sp³-hybridized carbons (Fsp3) is 0.278. The first kappa shape index (κ1) is 16.8. The molecule has 0 unspecified atom stereocenters. The molecule has 0 bridgehead atoms. The summed E-state index contributed by atoms with van der Waals surface area (Å²) >= 11 is 0. The Morgan fingerprint density at radius 2 is 1.74 bits per heavy atom. The lowest BCUT2D eigenvalue weighted by molar-refractivity contribution is 0.0751. The van der Waals surface area contributed by atoms with Crippen LogP contribution in [-0.4, -0.2) is 31.6 Å². The van der Waals surface area contributed by atoms with Gasteiger partial charge in [-0.3, -0.25) is 4.79 Å². The molecule has 0 N–H and O–H groups in total. The van der Waals surface area contributed by atoms with Gasteiger partial charge >= 0.3 is 0 Å². The normalized spacial score (nSPS) is 10.3. The van der Waals surface area contributed by atoms with Crippen LogP contribution >= 0.6 is 0 Å². The molecule has 0 heterocycles. The average molecular weight is 317 g/mol. The first-order valence-electron chi connectivity index (χ1n) is 7.34. The predicted octanol–water partition coefficient (Wildman–Crippen LogP) is 3.51. The minimum absolute atomic E-state index is 0.158. The first-order valence-corrected chi connectivity index (χ1v) is 7.34. The molecule has 0 saturated heterocycles. The Labute approximate surface area is 135 Å². The molecule has 0 aliphatic carbocycles. The Bertz CT molecular complexity index is 665. The quantitative estimate of drug-likeness (QED) is 0.818. The number of hydrogen-bond acceptors (Lipinski definition) is 3. The molecule has 4 nitrogen and oxygen atoms in total. The molecule has 2 aromatic carbocycles. The summed E-state index contributed by atoms with van der Waals surface area (Å²) in [6.45, 7) is 2.73. The van der Waals surface area contributed by atoms with E-state index in [1.54, 1.807) is 35.2 Å². The highest BCUT2D eigenvalue weighted by Crippen LogP contribution is 2.24. The van der Waals surface area contributed by atoms with Crippen molar-refractivity contribution < 1.29 is 18.7 Å². The lowest BCUT2D eigenvalue weighted by atomic mass is 10.1. The van der Waals surface area contributed by atoms with Crippen molar-refractivity contribution in [3.63, 3.8) is 0 Å². The van der Waals surface area contributed by atoms with E-state index in [1.165, 1.54) is 26.4 Å². The number of nitrogens with zero attached hydrogens (tertiary/aromatic N) is 1. The van der Waals surface area contributed by atoms with Gasteiger partial charge in [-0.15, -0.1) is 0 Å². The highest BCUT2D eigenvalue weighted by atomic mass is 19.1. The summed E-state index contributed by atoms with van der Waals surface area (Å²) in [5.74, 6) is 0.632. The van der Waals surface area contributed by atoms with E-state index in [0.29, 0.717) is 30.2 Å². The largest absolute Gasteiger partial charge is 0.497 e. The summed E-state index contributed by atoms with van der Waals surface area (Å²) in [7, 11) is 3.07. The van der Waals surface area contributed by atoms with Crippen LogP contribution in [-0.2, 0) is 6.54 Å². The summed E-state index contributed by atoms with van der Waals surface area (Å²) in [6, 6.07) is 11.3. The summed E-state index contributed by atoms with van der Waals surface area (Å²) in [5, 5.41) is 0. The molecular formula is C18H20FNO3. The summed E-state index contributed by atoms with van der Waals surface area (Å²) < 4.78 is 23.7. The number of methoxy groups -OCH3 is 2. The van der Waals surface area contributed by atoms with E-state index in [9.17, 15) is 9.18 Å². The van der Waals surface area contributed by atoms with Crippen LogP contribution in [0.25, 0.3) is 0 Å². The summed E-state index contributed by atoms with van der Waals surface area (Å²) in [6.07, 6.45) is 0. The molecule has 0 atom stereocenters. The second-order valence-electron chi connectivity index (χ2n) is 5.05. The van der Waals surface area contributed by atoms with Gasteiger partial charge in [0.15, 0.2) is 0 Å². The molecule has 0 saturated carbocycles. The van der Waals surface area contributed by atoms with Gasteiger partial charge in [0.2, 0.25) is 0 Å². The van der Waals surface area contributed by atoms with Crippen LogP contribution in [0.2, 0.25) is 0 Å². The minimum Gasteiger partial charge on any atom is -0.497 e. The van der Waals surface area contributed by atoms with Crippen LogP contribution in [0.5, 0.6) is 11.5 Å². The fourth-order valence-corrected chi connectivity index (χ4v) is 2.30. The maximum atomic E-state index is 13.3. The Morgan fingerprint density at radius 1 is 1.09 bits per heavy atom. The zero-order valence-electron chi connectivity index (χ0n) is 13.5. The first-order chi connectivity index (χ1) is 11.1. The maximum Gasteiger partial charge on any atom is 0.254 e. The van der Waals surface area contributed by atoms with Crippen molar-refractivity contribution in [1.29, 1.82) is 0 Å². The van der Waals surface area contributed by atoms with E-state index in [-0.39, 0.29) is 11.7 Å². The van der Waals surface area contributed by atoms with Crippen molar-refractivity contribution in [1.82, 2.24) is 4.90 Å². The Hall–Kier alpha value is -2.56. The van der Waals surface area contributed by atoms with Crippen molar-refractivity contribution in [3.8, 4) is 11.5 Å². The van der Waals surface area contributed by atoms with Crippen LogP contribution < -0.4 is 9.47 Å². The number of rotatable bonds is 6. The highest BCUT2D eigenvalue weighted by Gasteiger charge is 2.17. The van der Waals surface area contributed by atoms with Crippen LogP contribution in [0.3, 0.4) is 0 Å². The monoisotopic (exact) mass is 317 g/mol. The van der Waals surface area contributed by atoms with Gasteiger partial charge in [0.1, 0.15) is 17.3 Å². The third-order valence-corrected chi connectivity index (χ3v) is 3.53. The van der Waals surface area contributed by atoms with Crippen molar-refractivity contribution >= 4 is 5.91 Å². The van der Waals surface area contributed by atoms with Gasteiger partial charge in [-0.05, 0) is 36.8 Å². The standard InChI is InChI=1S/C18H20FNO3/c1-4-20(12-13-6-5-7-15(19)8-13)18(21)14-9-16(22-2)11-17(10-14)23-3/h5-11H,4,12H2,1-3H3. The van der Waals surface area contributed by atoms with Gasteiger partial charge < -0.3 is 14.4 Å². The number of amides is 1. The molecule has 23 heavy (non-hydrogen) atoms. The average Bonchev–Trinajstić information content (AvgIpc) is 2.58. The van der Waals surface area contributed by atoms with Crippen LogP contribution in [0.1, 0.15) is 22.8 Å². The smallest absolute Gasteiger partial charge is 0.254 e. The lowest BCUT2D eigenvalue weighted by Crippen LogP contribution is -2.30. The molecular weight excluding hydrogens is 297 g/mol.